The van der Waals surface area contributed by atoms with Gasteiger partial charge in [0, 0.05) is 10.6 Å². The highest BCUT2D eigenvalue weighted by Crippen LogP contribution is 2.22. The molecule has 5 heteroatoms. The van der Waals surface area contributed by atoms with E-state index in [4.69, 9.17) is 18.1 Å². The zero-order chi connectivity index (χ0) is 14.9. The summed E-state index contributed by atoms with van der Waals surface area (Å²) in [5.74, 6) is 6.35. The molecule has 0 aromatic heterocycles. The van der Waals surface area contributed by atoms with Gasteiger partial charge >= 0.3 is 0 Å². The van der Waals surface area contributed by atoms with Gasteiger partial charge in [0.15, 0.2) is 5.11 Å². The second-order valence-corrected chi connectivity index (χ2v) is 6.14. The summed E-state index contributed by atoms with van der Waals surface area (Å²) in [6.07, 6.45) is 2.28. The van der Waals surface area contributed by atoms with Gasteiger partial charge < -0.3 is 10.7 Å². The lowest BCUT2D eigenvalue weighted by Gasteiger charge is -2.08. The molecule has 3 nitrogen and oxygen atoms in total. The first-order valence-electron chi connectivity index (χ1n) is 6.82. The number of nitrogens with two attached hydrogens (primary N) is 1. The maximum Gasteiger partial charge on any atom is 0.185 e. The Kier molecular flexibility index (Phi) is 6.53. The van der Waals surface area contributed by atoms with E-state index in [1.54, 1.807) is 0 Å². The maximum absolute atomic E-state index is 5.25. The SMILES string of the molecule is NNC(=S)Nc1cccc(SCCCc2ccccc2)c1. The molecule has 4 N–H and O–H groups in total. The Morgan fingerprint density at radius 1 is 1.10 bits per heavy atom. The van der Waals surface area contributed by atoms with E-state index in [0.717, 1.165) is 24.3 Å². The molecule has 2 rings (SSSR count). The second kappa shape index (κ2) is 8.67. The van der Waals surface area contributed by atoms with Crippen LogP contribution >= 0.6 is 24.0 Å². The van der Waals surface area contributed by atoms with Crippen LogP contribution in [0, 0.1) is 0 Å². The summed E-state index contributed by atoms with van der Waals surface area (Å²) in [6, 6.07) is 18.8. The Labute approximate surface area is 135 Å². The summed E-state index contributed by atoms with van der Waals surface area (Å²) in [5.41, 5.74) is 4.76. The fraction of sp³-hybridized carbons (Fsp3) is 0.188. The number of hydrazine groups is 1. The Morgan fingerprint density at radius 2 is 1.90 bits per heavy atom. The quantitative estimate of drug-likeness (QED) is 0.250. The second-order valence-electron chi connectivity index (χ2n) is 4.56. The fourth-order valence-electron chi connectivity index (χ4n) is 1.94. The molecular formula is C16H19N3S2. The largest absolute Gasteiger partial charge is 0.332 e. The lowest BCUT2D eigenvalue weighted by Crippen LogP contribution is -2.34. The molecule has 2 aromatic carbocycles. The average molecular weight is 317 g/mol. The van der Waals surface area contributed by atoms with Crippen molar-refractivity contribution < 1.29 is 0 Å². The van der Waals surface area contributed by atoms with Crippen molar-refractivity contribution >= 4 is 34.8 Å². The predicted molar refractivity (Wildman–Crippen MR) is 95.5 cm³/mol. The summed E-state index contributed by atoms with van der Waals surface area (Å²) in [5, 5.41) is 3.45. The van der Waals surface area contributed by atoms with Gasteiger partial charge in [-0.25, -0.2) is 5.84 Å². The van der Waals surface area contributed by atoms with Crippen molar-refractivity contribution in [2.24, 2.45) is 5.84 Å². The van der Waals surface area contributed by atoms with Gasteiger partial charge in [0.05, 0.1) is 0 Å². The molecule has 0 bridgehead atoms. The predicted octanol–water partition coefficient (Wildman–Crippen LogP) is 3.57. The molecule has 0 amide bonds. The Bertz CT molecular complexity index is 573. The molecule has 0 unspecified atom stereocenters. The number of nitrogens with one attached hydrogen (secondary N) is 2. The van der Waals surface area contributed by atoms with Crippen molar-refractivity contribution in [1.29, 1.82) is 0 Å². The number of hydrogen-bond acceptors (Lipinski definition) is 3. The number of hydrogen-bond donors (Lipinski definition) is 3. The number of thiocarbonyl (C=S) groups is 1. The molecule has 21 heavy (non-hydrogen) atoms. The fourth-order valence-corrected chi connectivity index (χ4v) is 2.97. The Morgan fingerprint density at radius 3 is 2.67 bits per heavy atom. The molecule has 0 radical (unpaired) electrons. The number of rotatable bonds is 6. The highest BCUT2D eigenvalue weighted by atomic mass is 32.2. The summed E-state index contributed by atoms with van der Waals surface area (Å²) in [7, 11) is 0. The van der Waals surface area contributed by atoms with E-state index in [9.17, 15) is 0 Å². The van der Waals surface area contributed by atoms with Gasteiger partial charge in [0.25, 0.3) is 0 Å². The first-order chi connectivity index (χ1) is 10.3. The third kappa shape index (κ3) is 5.75. The minimum absolute atomic E-state index is 0.418. The third-order valence-electron chi connectivity index (χ3n) is 2.94. The standard InChI is InChI=1S/C16H19N3S2/c17-19-16(20)18-14-9-4-10-15(12-14)21-11-5-8-13-6-2-1-3-7-13/h1-4,6-7,9-10,12H,5,8,11,17H2,(H2,18,19,20). The minimum atomic E-state index is 0.418. The first-order valence-corrected chi connectivity index (χ1v) is 8.22. The van der Waals surface area contributed by atoms with Gasteiger partial charge in [-0.05, 0) is 54.6 Å². The molecular weight excluding hydrogens is 298 g/mol. The van der Waals surface area contributed by atoms with Crippen molar-refractivity contribution in [3.05, 3.63) is 60.2 Å². The van der Waals surface area contributed by atoms with Gasteiger partial charge in [0.1, 0.15) is 0 Å². The van der Waals surface area contributed by atoms with Crippen LogP contribution in [0.25, 0.3) is 0 Å². The molecule has 0 aliphatic heterocycles. The molecule has 0 heterocycles. The number of thioether (sulfide) groups is 1. The van der Waals surface area contributed by atoms with Gasteiger partial charge in [-0.1, -0.05) is 36.4 Å². The highest BCUT2D eigenvalue weighted by molar-refractivity contribution is 7.99. The van der Waals surface area contributed by atoms with Crippen LogP contribution < -0.4 is 16.6 Å². The topological polar surface area (TPSA) is 50.1 Å². The number of aryl methyl sites for hydroxylation is 1. The van der Waals surface area contributed by atoms with Crippen LogP contribution in [0.2, 0.25) is 0 Å². The minimum Gasteiger partial charge on any atom is -0.332 e. The molecule has 0 fully saturated rings. The van der Waals surface area contributed by atoms with Crippen LogP contribution in [0.4, 0.5) is 5.69 Å². The molecule has 110 valence electrons. The normalized spacial score (nSPS) is 10.1. The summed E-state index contributed by atoms with van der Waals surface area (Å²) >= 11 is 6.84. The molecule has 2 aromatic rings. The Balaban J connectivity index is 1.78. The third-order valence-corrected chi connectivity index (χ3v) is 4.24. The van der Waals surface area contributed by atoms with Crippen molar-refractivity contribution in [3.8, 4) is 0 Å². The molecule has 0 saturated carbocycles. The molecule has 0 saturated heterocycles. The van der Waals surface area contributed by atoms with E-state index < -0.39 is 0 Å². The summed E-state index contributed by atoms with van der Waals surface area (Å²) in [6.45, 7) is 0. The van der Waals surface area contributed by atoms with Crippen LogP contribution in [0.15, 0.2) is 59.5 Å². The van der Waals surface area contributed by atoms with E-state index in [2.05, 4.69) is 53.2 Å². The lowest BCUT2D eigenvalue weighted by molar-refractivity contribution is 0.933. The number of benzene rings is 2. The zero-order valence-corrected chi connectivity index (χ0v) is 13.3. The first kappa shape index (κ1) is 15.8. The van der Waals surface area contributed by atoms with Crippen LogP contribution in [0.1, 0.15) is 12.0 Å². The molecule has 0 atom stereocenters. The smallest absolute Gasteiger partial charge is 0.185 e. The molecule has 0 spiro atoms. The van der Waals surface area contributed by atoms with E-state index in [1.807, 2.05) is 23.9 Å². The summed E-state index contributed by atoms with van der Waals surface area (Å²) < 4.78 is 0. The zero-order valence-electron chi connectivity index (χ0n) is 11.7. The van der Waals surface area contributed by atoms with E-state index in [1.165, 1.54) is 10.5 Å². The van der Waals surface area contributed by atoms with Crippen molar-refractivity contribution in [2.75, 3.05) is 11.1 Å². The van der Waals surface area contributed by atoms with Crippen molar-refractivity contribution in [3.63, 3.8) is 0 Å². The van der Waals surface area contributed by atoms with Crippen LogP contribution in [0.3, 0.4) is 0 Å². The van der Waals surface area contributed by atoms with Gasteiger partial charge in [-0.2, -0.15) is 0 Å². The summed E-state index contributed by atoms with van der Waals surface area (Å²) in [4.78, 5) is 1.23. The monoisotopic (exact) mass is 317 g/mol. The lowest BCUT2D eigenvalue weighted by atomic mass is 10.1. The van der Waals surface area contributed by atoms with Crippen molar-refractivity contribution in [1.82, 2.24) is 5.43 Å². The number of anilines is 1. The average Bonchev–Trinajstić information content (AvgIpc) is 2.53. The Hall–Kier alpha value is -1.56. The van der Waals surface area contributed by atoms with Gasteiger partial charge in [-0.15, -0.1) is 11.8 Å². The van der Waals surface area contributed by atoms with Crippen LogP contribution in [-0.2, 0) is 6.42 Å². The van der Waals surface area contributed by atoms with E-state index in [-0.39, 0.29) is 0 Å². The maximum atomic E-state index is 5.25. The molecule has 0 aliphatic rings. The highest BCUT2D eigenvalue weighted by Gasteiger charge is 1.99. The molecule has 0 aliphatic carbocycles. The van der Waals surface area contributed by atoms with Crippen molar-refractivity contribution in [2.45, 2.75) is 17.7 Å². The van der Waals surface area contributed by atoms with E-state index >= 15 is 0 Å². The van der Waals surface area contributed by atoms with Gasteiger partial charge in [0.2, 0.25) is 0 Å². The van der Waals surface area contributed by atoms with Gasteiger partial charge in [-0.3, -0.25) is 0 Å². The van der Waals surface area contributed by atoms with Crippen LogP contribution in [0.5, 0.6) is 0 Å². The van der Waals surface area contributed by atoms with Crippen LogP contribution in [-0.4, -0.2) is 10.9 Å². The van der Waals surface area contributed by atoms with E-state index in [0.29, 0.717) is 5.11 Å².